The Labute approximate surface area is 77.7 Å². The van der Waals surface area contributed by atoms with Crippen LogP contribution in [0.4, 0.5) is 0 Å². The van der Waals surface area contributed by atoms with E-state index in [0.717, 1.165) is 6.42 Å². The first-order chi connectivity index (χ1) is 6.36. The Bertz CT molecular complexity index is 380. The Balaban J connectivity index is 2.25. The quantitative estimate of drug-likeness (QED) is 0.642. The van der Waals surface area contributed by atoms with Crippen molar-refractivity contribution in [1.82, 2.24) is 0 Å². The maximum absolute atomic E-state index is 9.44. The minimum atomic E-state index is -0.0404. The Hall–Kier alpha value is -1.08. The van der Waals surface area contributed by atoms with Crippen LogP contribution in [0.15, 0.2) is 36.4 Å². The molecule has 0 heterocycles. The maximum atomic E-state index is 9.44. The summed E-state index contributed by atoms with van der Waals surface area (Å²) < 4.78 is 0. The average molecular weight is 172 g/mol. The van der Waals surface area contributed by atoms with Crippen LogP contribution in [-0.4, -0.2) is 11.7 Å². The lowest BCUT2D eigenvalue weighted by molar-refractivity contribution is 0.228. The second-order valence-corrected chi connectivity index (χ2v) is 4.07. The second-order valence-electron chi connectivity index (χ2n) is 4.07. The molecule has 2 aliphatic rings. The summed E-state index contributed by atoms with van der Waals surface area (Å²) in [6.07, 6.45) is 5.49. The molecule has 2 aliphatic carbocycles. The number of aliphatic hydroxyl groups excluding tert-OH is 1. The van der Waals surface area contributed by atoms with Gasteiger partial charge in [0.25, 0.3) is 0 Å². The molecule has 0 spiro atoms. The first-order valence-electron chi connectivity index (χ1n) is 4.75. The largest absolute Gasteiger partial charge is 0.395 e. The molecule has 2 atom stereocenters. The lowest BCUT2D eigenvalue weighted by Crippen LogP contribution is -2.23. The highest BCUT2D eigenvalue weighted by Gasteiger charge is 2.44. The van der Waals surface area contributed by atoms with Crippen LogP contribution in [0.1, 0.15) is 23.5 Å². The molecule has 1 aromatic carbocycles. The summed E-state index contributed by atoms with van der Waals surface area (Å²) in [5, 5.41) is 9.44. The van der Waals surface area contributed by atoms with Crippen molar-refractivity contribution in [2.45, 2.75) is 17.8 Å². The van der Waals surface area contributed by atoms with E-state index in [9.17, 15) is 5.11 Å². The van der Waals surface area contributed by atoms with Gasteiger partial charge in [-0.15, -0.1) is 0 Å². The van der Waals surface area contributed by atoms with E-state index in [4.69, 9.17) is 0 Å². The summed E-state index contributed by atoms with van der Waals surface area (Å²) >= 11 is 0. The van der Waals surface area contributed by atoms with Crippen molar-refractivity contribution in [3.63, 3.8) is 0 Å². The number of rotatable bonds is 1. The van der Waals surface area contributed by atoms with Gasteiger partial charge in [0.1, 0.15) is 0 Å². The molecule has 0 saturated heterocycles. The molecule has 13 heavy (non-hydrogen) atoms. The topological polar surface area (TPSA) is 20.2 Å². The third-order valence-electron chi connectivity index (χ3n) is 3.41. The van der Waals surface area contributed by atoms with Gasteiger partial charge in [-0.3, -0.25) is 0 Å². The van der Waals surface area contributed by atoms with E-state index in [-0.39, 0.29) is 12.0 Å². The van der Waals surface area contributed by atoms with Gasteiger partial charge in [0, 0.05) is 11.3 Å². The first-order valence-corrected chi connectivity index (χ1v) is 4.75. The summed E-state index contributed by atoms with van der Waals surface area (Å²) in [7, 11) is 0. The summed E-state index contributed by atoms with van der Waals surface area (Å²) in [6, 6.07) is 8.47. The SMILES string of the molecule is OC[C@]12C=C[C@H](C1)c1ccccc12. The molecule has 0 amide bonds. The van der Waals surface area contributed by atoms with E-state index in [1.165, 1.54) is 11.1 Å². The van der Waals surface area contributed by atoms with E-state index in [2.05, 4.69) is 36.4 Å². The van der Waals surface area contributed by atoms with E-state index >= 15 is 0 Å². The Morgan fingerprint density at radius 1 is 1.38 bits per heavy atom. The van der Waals surface area contributed by atoms with Gasteiger partial charge >= 0.3 is 0 Å². The number of fused-ring (bicyclic) bond motifs is 5. The zero-order valence-corrected chi connectivity index (χ0v) is 7.40. The Morgan fingerprint density at radius 3 is 3.08 bits per heavy atom. The second kappa shape index (κ2) is 2.24. The van der Waals surface area contributed by atoms with Crippen LogP contribution in [-0.2, 0) is 5.41 Å². The predicted molar refractivity (Wildman–Crippen MR) is 51.7 cm³/mol. The molecule has 0 fully saturated rings. The third kappa shape index (κ3) is 0.755. The van der Waals surface area contributed by atoms with Gasteiger partial charge in [0.05, 0.1) is 6.61 Å². The van der Waals surface area contributed by atoms with Crippen molar-refractivity contribution in [2.24, 2.45) is 0 Å². The molecule has 1 N–H and O–H groups in total. The van der Waals surface area contributed by atoms with Gasteiger partial charge in [-0.1, -0.05) is 36.4 Å². The van der Waals surface area contributed by atoms with Gasteiger partial charge in [-0.2, -0.15) is 0 Å². The lowest BCUT2D eigenvalue weighted by Gasteiger charge is -2.22. The molecule has 0 saturated carbocycles. The monoisotopic (exact) mass is 172 g/mol. The standard InChI is InChI=1S/C12H12O/c13-8-12-6-5-9(7-12)10-3-1-2-4-11(10)12/h1-6,9,13H,7-8H2/t9-,12+/m1/s1. The van der Waals surface area contributed by atoms with E-state index in [0.29, 0.717) is 5.92 Å². The zero-order valence-electron chi connectivity index (χ0n) is 7.40. The molecule has 0 aliphatic heterocycles. The molecule has 1 heteroatoms. The van der Waals surface area contributed by atoms with Crippen LogP contribution in [0, 0.1) is 0 Å². The molecule has 0 radical (unpaired) electrons. The van der Waals surface area contributed by atoms with E-state index in [1.54, 1.807) is 0 Å². The van der Waals surface area contributed by atoms with E-state index in [1.807, 2.05) is 0 Å². The molecule has 2 bridgehead atoms. The first kappa shape index (κ1) is 7.34. The van der Waals surface area contributed by atoms with Crippen LogP contribution in [0.2, 0.25) is 0 Å². The number of aliphatic hydroxyl groups is 1. The van der Waals surface area contributed by atoms with Gasteiger partial charge < -0.3 is 5.11 Å². The van der Waals surface area contributed by atoms with Crippen LogP contribution >= 0.6 is 0 Å². The summed E-state index contributed by atoms with van der Waals surface area (Å²) in [4.78, 5) is 0. The van der Waals surface area contributed by atoms with Crippen molar-refractivity contribution in [2.75, 3.05) is 6.61 Å². The number of allylic oxidation sites excluding steroid dienone is 1. The van der Waals surface area contributed by atoms with Crippen molar-refractivity contribution >= 4 is 0 Å². The minimum Gasteiger partial charge on any atom is -0.395 e. The third-order valence-corrected chi connectivity index (χ3v) is 3.41. The minimum absolute atomic E-state index is 0.0404. The van der Waals surface area contributed by atoms with Gasteiger partial charge in [-0.25, -0.2) is 0 Å². The average Bonchev–Trinajstić information content (AvgIpc) is 2.75. The number of hydrogen-bond acceptors (Lipinski definition) is 1. The molecular formula is C12H12O. The fraction of sp³-hybridized carbons (Fsp3) is 0.333. The molecule has 3 rings (SSSR count). The molecule has 1 aromatic rings. The fourth-order valence-electron chi connectivity index (χ4n) is 2.72. The molecule has 0 aromatic heterocycles. The van der Waals surface area contributed by atoms with Crippen LogP contribution in [0.3, 0.4) is 0 Å². The summed E-state index contributed by atoms with van der Waals surface area (Å²) in [5.41, 5.74) is 2.71. The van der Waals surface area contributed by atoms with Gasteiger partial charge in [0.15, 0.2) is 0 Å². The number of benzene rings is 1. The lowest BCUT2D eigenvalue weighted by atomic mass is 9.83. The highest BCUT2D eigenvalue weighted by atomic mass is 16.3. The Kier molecular flexibility index (Phi) is 1.26. The van der Waals surface area contributed by atoms with Crippen LogP contribution < -0.4 is 0 Å². The smallest absolute Gasteiger partial charge is 0.0563 e. The van der Waals surface area contributed by atoms with Crippen molar-refractivity contribution in [3.8, 4) is 0 Å². The highest BCUT2D eigenvalue weighted by molar-refractivity contribution is 5.52. The normalized spacial score (nSPS) is 33.8. The van der Waals surface area contributed by atoms with Crippen molar-refractivity contribution in [3.05, 3.63) is 47.5 Å². The fourth-order valence-corrected chi connectivity index (χ4v) is 2.72. The van der Waals surface area contributed by atoms with Gasteiger partial charge in [0.2, 0.25) is 0 Å². The molecule has 0 unspecified atom stereocenters. The molecule has 66 valence electrons. The highest BCUT2D eigenvalue weighted by Crippen LogP contribution is 2.52. The Morgan fingerprint density at radius 2 is 2.23 bits per heavy atom. The van der Waals surface area contributed by atoms with Gasteiger partial charge in [-0.05, 0) is 17.5 Å². The zero-order chi connectivity index (χ0) is 8.89. The summed E-state index contributed by atoms with van der Waals surface area (Å²) in [5.74, 6) is 0.559. The number of hydrogen-bond donors (Lipinski definition) is 1. The molecular weight excluding hydrogens is 160 g/mol. The summed E-state index contributed by atoms with van der Waals surface area (Å²) in [6.45, 7) is 0.247. The van der Waals surface area contributed by atoms with E-state index < -0.39 is 0 Å². The maximum Gasteiger partial charge on any atom is 0.0563 e. The van der Waals surface area contributed by atoms with Crippen LogP contribution in [0.5, 0.6) is 0 Å². The predicted octanol–water partition coefficient (Wildman–Crippen LogP) is 1.97. The van der Waals surface area contributed by atoms with Crippen molar-refractivity contribution in [1.29, 1.82) is 0 Å². The molecule has 1 nitrogen and oxygen atoms in total. The van der Waals surface area contributed by atoms with Crippen molar-refractivity contribution < 1.29 is 5.11 Å². The van der Waals surface area contributed by atoms with Crippen LogP contribution in [0.25, 0.3) is 0 Å².